The number of esters is 1. The number of halogens is 1. The number of carbonyl (C=O) groups is 2. The van der Waals surface area contributed by atoms with Crippen LogP contribution >= 0.6 is 23.4 Å². The Balaban J connectivity index is 1.88. The summed E-state index contributed by atoms with van der Waals surface area (Å²) in [4.78, 5) is 25.2. The number of hydrogen-bond acceptors (Lipinski definition) is 4. The smallest absolute Gasteiger partial charge is 0.340 e. The lowest BCUT2D eigenvalue weighted by atomic mass is 9.78. The highest BCUT2D eigenvalue weighted by atomic mass is 35.5. The molecular weight excluding hydrogens is 346 g/mol. The van der Waals surface area contributed by atoms with E-state index in [1.165, 1.54) is 18.2 Å². The maximum absolute atomic E-state index is 12.2. The summed E-state index contributed by atoms with van der Waals surface area (Å²) in [7, 11) is 0. The molecule has 2 rings (SSSR count). The standard InChI is InChI=1S/C18H24ClNO3S/c1-11-5-4-6-16(12(11)2)20-17(21)10-23-18(22)14-9-13(24-3)7-8-15(14)19/h7-9,11-12,16H,4-6,10H2,1-3H3,(H,20,21)/t11-,12+,16+/m0/s1. The number of rotatable bonds is 5. The number of thioether (sulfide) groups is 1. The largest absolute Gasteiger partial charge is 0.452 e. The van der Waals surface area contributed by atoms with Crippen molar-refractivity contribution in [3.63, 3.8) is 0 Å². The summed E-state index contributed by atoms with van der Waals surface area (Å²) < 4.78 is 5.13. The highest BCUT2D eigenvalue weighted by Gasteiger charge is 2.28. The Hall–Kier alpha value is -1.20. The molecule has 1 saturated carbocycles. The summed E-state index contributed by atoms with van der Waals surface area (Å²) >= 11 is 7.55. The summed E-state index contributed by atoms with van der Waals surface area (Å²) in [5, 5.41) is 3.32. The third kappa shape index (κ3) is 4.90. The number of amides is 1. The Labute approximate surface area is 152 Å². The van der Waals surface area contributed by atoms with Gasteiger partial charge in [-0.05, 0) is 42.7 Å². The van der Waals surface area contributed by atoms with Gasteiger partial charge < -0.3 is 10.1 Å². The Morgan fingerprint density at radius 2 is 2.08 bits per heavy atom. The molecule has 1 N–H and O–H groups in total. The van der Waals surface area contributed by atoms with Crippen molar-refractivity contribution in [3.8, 4) is 0 Å². The van der Waals surface area contributed by atoms with Crippen LogP contribution in [0.4, 0.5) is 0 Å². The number of ether oxygens (including phenoxy) is 1. The van der Waals surface area contributed by atoms with E-state index < -0.39 is 5.97 Å². The monoisotopic (exact) mass is 369 g/mol. The van der Waals surface area contributed by atoms with Crippen LogP contribution in [-0.4, -0.2) is 30.8 Å². The molecule has 0 spiro atoms. The van der Waals surface area contributed by atoms with Crippen molar-refractivity contribution in [2.75, 3.05) is 12.9 Å². The van der Waals surface area contributed by atoms with Crippen molar-refractivity contribution >= 4 is 35.2 Å². The summed E-state index contributed by atoms with van der Waals surface area (Å²) in [6.07, 6.45) is 5.21. The number of hydrogen-bond donors (Lipinski definition) is 1. The minimum absolute atomic E-state index is 0.156. The van der Waals surface area contributed by atoms with Crippen LogP contribution in [0.15, 0.2) is 23.1 Å². The number of nitrogens with one attached hydrogen (secondary N) is 1. The average molecular weight is 370 g/mol. The summed E-state index contributed by atoms with van der Waals surface area (Å²) in [6.45, 7) is 4.09. The van der Waals surface area contributed by atoms with E-state index in [0.29, 0.717) is 16.9 Å². The lowest BCUT2D eigenvalue weighted by Gasteiger charge is -2.34. The van der Waals surface area contributed by atoms with Crippen LogP contribution in [0, 0.1) is 11.8 Å². The Kier molecular flexibility index (Phi) is 6.99. The summed E-state index contributed by atoms with van der Waals surface area (Å²) in [5.41, 5.74) is 0.288. The van der Waals surface area contributed by atoms with Crippen LogP contribution in [0.1, 0.15) is 43.5 Å². The molecule has 0 aromatic heterocycles. The first-order chi connectivity index (χ1) is 11.4. The van der Waals surface area contributed by atoms with Gasteiger partial charge in [-0.3, -0.25) is 4.79 Å². The first-order valence-corrected chi connectivity index (χ1v) is 9.82. The predicted octanol–water partition coefficient (Wildman–Crippen LogP) is 4.16. The molecule has 1 aliphatic rings. The molecule has 1 aliphatic carbocycles. The van der Waals surface area contributed by atoms with Crippen LogP contribution in [0.25, 0.3) is 0 Å². The maximum atomic E-state index is 12.2. The van der Waals surface area contributed by atoms with Crippen LogP contribution in [0.5, 0.6) is 0 Å². The van der Waals surface area contributed by atoms with Gasteiger partial charge in [-0.1, -0.05) is 38.3 Å². The lowest BCUT2D eigenvalue weighted by molar-refractivity contribution is -0.125. The quantitative estimate of drug-likeness (QED) is 0.625. The zero-order chi connectivity index (χ0) is 17.7. The van der Waals surface area contributed by atoms with Gasteiger partial charge in [0.05, 0.1) is 10.6 Å². The van der Waals surface area contributed by atoms with E-state index in [1.54, 1.807) is 12.1 Å². The summed E-state index contributed by atoms with van der Waals surface area (Å²) in [6, 6.07) is 5.33. The van der Waals surface area contributed by atoms with Gasteiger partial charge in [0.2, 0.25) is 0 Å². The van der Waals surface area contributed by atoms with E-state index in [1.807, 2.05) is 12.3 Å². The Morgan fingerprint density at radius 3 is 2.79 bits per heavy atom. The average Bonchev–Trinajstić information content (AvgIpc) is 2.57. The van der Waals surface area contributed by atoms with Crippen molar-refractivity contribution in [2.24, 2.45) is 11.8 Å². The van der Waals surface area contributed by atoms with Crippen LogP contribution in [0.2, 0.25) is 5.02 Å². The molecule has 24 heavy (non-hydrogen) atoms. The third-order valence-electron chi connectivity index (χ3n) is 4.78. The molecule has 132 valence electrons. The normalized spacial score (nSPS) is 23.6. The molecule has 1 aromatic carbocycles. The SMILES string of the molecule is CSc1ccc(Cl)c(C(=O)OCC(=O)N[C@@H]2CCC[C@H](C)[C@H]2C)c1. The van der Waals surface area contributed by atoms with Gasteiger partial charge in [-0.2, -0.15) is 0 Å². The molecule has 0 radical (unpaired) electrons. The topological polar surface area (TPSA) is 55.4 Å². The molecule has 0 saturated heterocycles. The van der Waals surface area contributed by atoms with Gasteiger partial charge in [0, 0.05) is 10.9 Å². The molecule has 0 heterocycles. The van der Waals surface area contributed by atoms with Gasteiger partial charge in [-0.25, -0.2) is 4.79 Å². The second-order valence-electron chi connectivity index (χ2n) is 6.36. The molecule has 1 amide bonds. The third-order valence-corrected chi connectivity index (χ3v) is 5.84. The molecule has 0 aliphatic heterocycles. The van der Waals surface area contributed by atoms with Crippen LogP contribution in [0.3, 0.4) is 0 Å². The van der Waals surface area contributed by atoms with E-state index in [9.17, 15) is 9.59 Å². The second-order valence-corrected chi connectivity index (χ2v) is 7.65. The first kappa shape index (κ1) is 19.1. The van der Waals surface area contributed by atoms with E-state index >= 15 is 0 Å². The second kappa shape index (κ2) is 8.77. The van der Waals surface area contributed by atoms with Crippen molar-refractivity contribution in [2.45, 2.75) is 44.0 Å². The van der Waals surface area contributed by atoms with Crippen molar-refractivity contribution < 1.29 is 14.3 Å². The van der Waals surface area contributed by atoms with Gasteiger partial charge in [0.15, 0.2) is 6.61 Å². The van der Waals surface area contributed by atoms with Crippen LogP contribution in [-0.2, 0) is 9.53 Å². The first-order valence-electron chi connectivity index (χ1n) is 8.22. The fourth-order valence-corrected chi connectivity index (χ4v) is 3.67. The van der Waals surface area contributed by atoms with Gasteiger partial charge in [0.25, 0.3) is 5.91 Å². The molecular formula is C18H24ClNO3S. The van der Waals surface area contributed by atoms with Gasteiger partial charge in [-0.15, -0.1) is 11.8 Å². The van der Waals surface area contributed by atoms with E-state index in [2.05, 4.69) is 19.2 Å². The minimum Gasteiger partial charge on any atom is -0.452 e. The van der Waals surface area contributed by atoms with Crippen molar-refractivity contribution in [3.05, 3.63) is 28.8 Å². The highest BCUT2D eigenvalue weighted by molar-refractivity contribution is 7.98. The van der Waals surface area contributed by atoms with Crippen molar-refractivity contribution in [1.82, 2.24) is 5.32 Å². The molecule has 3 atom stereocenters. The minimum atomic E-state index is -0.573. The zero-order valence-corrected chi connectivity index (χ0v) is 15.9. The Morgan fingerprint density at radius 1 is 1.33 bits per heavy atom. The molecule has 1 aromatic rings. The fraction of sp³-hybridized carbons (Fsp3) is 0.556. The van der Waals surface area contributed by atoms with Gasteiger partial charge in [0.1, 0.15) is 0 Å². The predicted molar refractivity (Wildman–Crippen MR) is 97.6 cm³/mol. The fourth-order valence-electron chi connectivity index (χ4n) is 3.03. The Bertz CT molecular complexity index is 608. The van der Waals surface area contributed by atoms with Crippen LogP contribution < -0.4 is 5.32 Å². The highest BCUT2D eigenvalue weighted by Crippen LogP contribution is 2.29. The maximum Gasteiger partial charge on any atom is 0.340 e. The van der Waals surface area contributed by atoms with Crippen molar-refractivity contribution in [1.29, 1.82) is 0 Å². The number of benzene rings is 1. The van der Waals surface area contributed by atoms with E-state index in [0.717, 1.165) is 17.7 Å². The molecule has 0 unspecified atom stereocenters. The molecule has 0 bridgehead atoms. The van der Waals surface area contributed by atoms with E-state index in [4.69, 9.17) is 16.3 Å². The number of carbonyl (C=O) groups excluding carboxylic acids is 2. The summed E-state index contributed by atoms with van der Waals surface area (Å²) in [5.74, 6) is 0.202. The molecule has 6 heteroatoms. The van der Waals surface area contributed by atoms with E-state index in [-0.39, 0.29) is 24.1 Å². The molecule has 1 fully saturated rings. The lowest BCUT2D eigenvalue weighted by Crippen LogP contribution is -2.45. The van der Waals surface area contributed by atoms with Gasteiger partial charge >= 0.3 is 5.97 Å². The zero-order valence-electron chi connectivity index (χ0n) is 14.3. The molecule has 4 nitrogen and oxygen atoms in total.